The lowest BCUT2D eigenvalue weighted by Gasteiger charge is -2.06. The second-order valence-corrected chi connectivity index (χ2v) is 2.48. The Bertz CT molecular complexity index is 308. The number of nitrogens with zero attached hydrogens (tertiary/aromatic N) is 1. The third kappa shape index (κ3) is 1.39. The van der Waals surface area contributed by atoms with Gasteiger partial charge in [0.1, 0.15) is 0 Å². The van der Waals surface area contributed by atoms with Crippen LogP contribution < -0.4 is 10.5 Å². The molecule has 0 saturated heterocycles. The Morgan fingerprint density at radius 1 is 1.67 bits per heavy atom. The Morgan fingerprint density at radius 3 is 2.83 bits per heavy atom. The van der Waals surface area contributed by atoms with Gasteiger partial charge in [0, 0.05) is 6.07 Å². The van der Waals surface area contributed by atoms with Crippen molar-refractivity contribution in [3.63, 3.8) is 0 Å². The summed E-state index contributed by atoms with van der Waals surface area (Å²) in [7, 11) is 1.57. The van der Waals surface area contributed by atoms with Crippen molar-refractivity contribution in [1.82, 2.24) is 4.98 Å². The lowest BCUT2D eigenvalue weighted by atomic mass is 10.2. The van der Waals surface area contributed by atoms with Gasteiger partial charge in [0.05, 0.1) is 18.5 Å². The van der Waals surface area contributed by atoms with Crippen LogP contribution in [-0.2, 0) is 0 Å². The van der Waals surface area contributed by atoms with Gasteiger partial charge in [0.15, 0.2) is 0 Å². The molecule has 1 rings (SSSR count). The van der Waals surface area contributed by atoms with Crippen LogP contribution >= 0.6 is 0 Å². The van der Waals surface area contributed by atoms with E-state index in [1.165, 1.54) is 0 Å². The van der Waals surface area contributed by atoms with E-state index in [4.69, 9.17) is 10.5 Å². The normalized spacial score (nSPS) is 9.50. The molecule has 1 aromatic rings. The molecule has 0 aliphatic heterocycles. The van der Waals surface area contributed by atoms with E-state index in [0.29, 0.717) is 17.3 Å². The van der Waals surface area contributed by atoms with E-state index >= 15 is 0 Å². The number of aryl methyl sites for hydroxylation is 1. The van der Waals surface area contributed by atoms with E-state index < -0.39 is 0 Å². The number of hydrogen-bond acceptors (Lipinski definition) is 3. The van der Waals surface area contributed by atoms with Gasteiger partial charge in [0.25, 0.3) is 0 Å². The van der Waals surface area contributed by atoms with E-state index in [2.05, 4.69) is 11.6 Å². The first-order valence-corrected chi connectivity index (χ1v) is 3.62. The molecule has 1 aromatic heterocycles. The van der Waals surface area contributed by atoms with Crippen LogP contribution in [0.25, 0.3) is 6.08 Å². The minimum Gasteiger partial charge on any atom is -0.481 e. The van der Waals surface area contributed by atoms with Gasteiger partial charge in [-0.05, 0) is 18.6 Å². The van der Waals surface area contributed by atoms with Crippen molar-refractivity contribution in [1.29, 1.82) is 0 Å². The molecule has 3 heteroatoms. The minimum absolute atomic E-state index is 0.566. The zero-order valence-electron chi connectivity index (χ0n) is 7.29. The molecule has 0 atom stereocenters. The number of nitrogen functional groups attached to an aromatic ring is 1. The summed E-state index contributed by atoms with van der Waals surface area (Å²) in [6, 6.07) is 1.79. The van der Waals surface area contributed by atoms with Crippen LogP contribution in [0.3, 0.4) is 0 Å². The Labute approximate surface area is 71.9 Å². The van der Waals surface area contributed by atoms with E-state index in [1.807, 2.05) is 6.92 Å². The number of pyridine rings is 1. The van der Waals surface area contributed by atoms with Crippen LogP contribution in [0.15, 0.2) is 12.6 Å². The molecule has 0 aromatic carbocycles. The zero-order chi connectivity index (χ0) is 9.14. The molecular weight excluding hydrogens is 152 g/mol. The molecule has 0 fully saturated rings. The first-order valence-electron chi connectivity index (χ1n) is 3.62. The molecule has 0 radical (unpaired) electrons. The maximum absolute atomic E-state index is 5.73. The van der Waals surface area contributed by atoms with Crippen LogP contribution in [0.2, 0.25) is 0 Å². The molecule has 0 unspecified atom stereocenters. The van der Waals surface area contributed by atoms with Crippen LogP contribution in [-0.4, -0.2) is 12.1 Å². The highest BCUT2D eigenvalue weighted by atomic mass is 16.5. The summed E-state index contributed by atoms with van der Waals surface area (Å²) in [6.07, 6.45) is 1.62. The van der Waals surface area contributed by atoms with E-state index in [-0.39, 0.29) is 0 Å². The van der Waals surface area contributed by atoms with E-state index in [1.54, 1.807) is 19.3 Å². The summed E-state index contributed by atoms with van der Waals surface area (Å²) >= 11 is 0. The third-order valence-corrected chi connectivity index (χ3v) is 1.67. The number of anilines is 1. The molecule has 0 amide bonds. The lowest BCUT2D eigenvalue weighted by Crippen LogP contribution is -1.98. The van der Waals surface area contributed by atoms with Crippen LogP contribution in [0, 0.1) is 6.92 Å². The van der Waals surface area contributed by atoms with Gasteiger partial charge in [-0.2, -0.15) is 0 Å². The first kappa shape index (κ1) is 8.59. The SMILES string of the molecule is C=Cc1nc(OC)cc(C)c1N. The number of methoxy groups -OCH3 is 1. The monoisotopic (exact) mass is 164 g/mol. The molecule has 0 saturated carbocycles. The number of hydrogen-bond donors (Lipinski definition) is 1. The highest BCUT2D eigenvalue weighted by Gasteiger charge is 2.03. The Balaban J connectivity index is 3.28. The molecule has 64 valence electrons. The lowest BCUT2D eigenvalue weighted by molar-refractivity contribution is 0.397. The fourth-order valence-electron chi connectivity index (χ4n) is 0.936. The summed E-state index contributed by atoms with van der Waals surface area (Å²) in [5, 5.41) is 0. The summed E-state index contributed by atoms with van der Waals surface area (Å²) < 4.78 is 4.98. The topological polar surface area (TPSA) is 48.1 Å². The molecule has 2 N–H and O–H groups in total. The van der Waals surface area contributed by atoms with Gasteiger partial charge < -0.3 is 10.5 Å². The van der Waals surface area contributed by atoms with Gasteiger partial charge in [-0.25, -0.2) is 4.98 Å². The molecule has 12 heavy (non-hydrogen) atoms. The average molecular weight is 164 g/mol. The molecule has 0 spiro atoms. The van der Waals surface area contributed by atoms with E-state index in [0.717, 1.165) is 5.56 Å². The van der Waals surface area contributed by atoms with Crippen molar-refractivity contribution in [2.45, 2.75) is 6.92 Å². The van der Waals surface area contributed by atoms with Crippen molar-refractivity contribution >= 4 is 11.8 Å². The third-order valence-electron chi connectivity index (χ3n) is 1.67. The second kappa shape index (κ2) is 3.26. The van der Waals surface area contributed by atoms with Crippen LogP contribution in [0.1, 0.15) is 11.3 Å². The van der Waals surface area contributed by atoms with Gasteiger partial charge in [0.2, 0.25) is 5.88 Å². The molecule has 0 aliphatic rings. The van der Waals surface area contributed by atoms with Gasteiger partial charge >= 0.3 is 0 Å². The summed E-state index contributed by atoms with van der Waals surface area (Å²) in [6.45, 7) is 5.52. The van der Waals surface area contributed by atoms with Gasteiger partial charge in [-0.15, -0.1) is 0 Å². The predicted octanol–water partition coefficient (Wildman–Crippen LogP) is 1.62. The van der Waals surface area contributed by atoms with Crippen molar-refractivity contribution in [3.8, 4) is 5.88 Å². The molecule has 0 bridgehead atoms. The average Bonchev–Trinajstić information content (AvgIpc) is 2.09. The predicted molar refractivity (Wildman–Crippen MR) is 50.0 cm³/mol. The van der Waals surface area contributed by atoms with E-state index in [9.17, 15) is 0 Å². The largest absolute Gasteiger partial charge is 0.481 e. The van der Waals surface area contributed by atoms with Crippen LogP contribution in [0.5, 0.6) is 5.88 Å². The maximum Gasteiger partial charge on any atom is 0.213 e. The number of aromatic nitrogens is 1. The molecular formula is C9H12N2O. The fourth-order valence-corrected chi connectivity index (χ4v) is 0.936. The maximum atomic E-state index is 5.73. The smallest absolute Gasteiger partial charge is 0.213 e. The Kier molecular flexibility index (Phi) is 2.33. The Morgan fingerprint density at radius 2 is 2.33 bits per heavy atom. The highest BCUT2D eigenvalue weighted by Crippen LogP contribution is 2.20. The summed E-state index contributed by atoms with van der Waals surface area (Å²) in [5.41, 5.74) is 8.01. The number of nitrogens with two attached hydrogens (primary N) is 1. The van der Waals surface area contributed by atoms with Crippen molar-refractivity contribution in [3.05, 3.63) is 23.9 Å². The van der Waals surface area contributed by atoms with Gasteiger partial charge in [-0.3, -0.25) is 0 Å². The number of rotatable bonds is 2. The molecule has 3 nitrogen and oxygen atoms in total. The zero-order valence-corrected chi connectivity index (χ0v) is 7.29. The Hall–Kier alpha value is -1.51. The van der Waals surface area contributed by atoms with Crippen molar-refractivity contribution in [2.24, 2.45) is 0 Å². The van der Waals surface area contributed by atoms with Crippen molar-refractivity contribution < 1.29 is 4.74 Å². The van der Waals surface area contributed by atoms with Gasteiger partial charge in [-0.1, -0.05) is 6.58 Å². The van der Waals surface area contributed by atoms with Crippen molar-refractivity contribution in [2.75, 3.05) is 12.8 Å². The summed E-state index contributed by atoms with van der Waals surface area (Å²) in [5.74, 6) is 0.566. The second-order valence-electron chi connectivity index (χ2n) is 2.48. The quantitative estimate of drug-likeness (QED) is 0.722. The first-order chi connectivity index (χ1) is 5.69. The van der Waals surface area contributed by atoms with Crippen LogP contribution in [0.4, 0.5) is 5.69 Å². The standard InChI is InChI=1S/C9H12N2O/c1-4-7-9(10)6(2)5-8(11-7)12-3/h4-5H,1,10H2,2-3H3. The number of ether oxygens (including phenoxy) is 1. The molecule has 0 aliphatic carbocycles. The highest BCUT2D eigenvalue weighted by molar-refractivity contribution is 5.63. The summed E-state index contributed by atoms with van der Waals surface area (Å²) in [4.78, 5) is 4.10. The minimum atomic E-state index is 0.566. The molecule has 1 heterocycles. The fraction of sp³-hybridized carbons (Fsp3) is 0.222.